The molecule has 0 aliphatic carbocycles. The van der Waals surface area contributed by atoms with Gasteiger partial charge >= 0.3 is 0 Å². The Morgan fingerprint density at radius 3 is 2.68 bits per heavy atom. The van der Waals surface area contributed by atoms with Crippen molar-refractivity contribution < 1.29 is 9.26 Å². The van der Waals surface area contributed by atoms with E-state index in [1.165, 1.54) is 0 Å². The molecule has 7 nitrogen and oxygen atoms in total. The lowest BCUT2D eigenvalue weighted by Crippen LogP contribution is -2.34. The number of methoxy groups -OCH3 is 1. The molecule has 0 amide bonds. The van der Waals surface area contributed by atoms with E-state index in [2.05, 4.69) is 38.9 Å². The van der Waals surface area contributed by atoms with Gasteiger partial charge in [0, 0.05) is 37.2 Å². The minimum Gasteiger partial charge on any atom is -0.481 e. The third-order valence-electron chi connectivity index (χ3n) is 3.93. The highest BCUT2D eigenvalue weighted by molar-refractivity contribution is 5.32. The van der Waals surface area contributed by atoms with E-state index in [1.807, 2.05) is 0 Å². The van der Waals surface area contributed by atoms with Crippen LogP contribution in [0.15, 0.2) is 16.8 Å². The molecule has 1 aliphatic heterocycles. The summed E-state index contributed by atoms with van der Waals surface area (Å²) in [4.78, 5) is 15.4. The van der Waals surface area contributed by atoms with Crippen LogP contribution < -0.4 is 9.64 Å². The Bertz CT molecular complexity index is 620. The van der Waals surface area contributed by atoms with Crippen molar-refractivity contribution in [2.24, 2.45) is 0 Å². The third-order valence-corrected chi connectivity index (χ3v) is 3.93. The maximum absolute atomic E-state index is 5.41. The Balaban J connectivity index is 1.64. The number of aromatic nitrogens is 4. The molecule has 1 aliphatic rings. The molecule has 3 rings (SSSR count). The zero-order valence-corrected chi connectivity index (χ0v) is 13.2. The summed E-state index contributed by atoms with van der Waals surface area (Å²) in [5, 5.41) is 4.05. The quantitative estimate of drug-likeness (QED) is 0.858. The van der Waals surface area contributed by atoms with Gasteiger partial charge in [0.05, 0.1) is 7.11 Å². The van der Waals surface area contributed by atoms with Gasteiger partial charge < -0.3 is 14.2 Å². The first-order valence-electron chi connectivity index (χ1n) is 7.63. The highest BCUT2D eigenvalue weighted by Crippen LogP contribution is 2.29. The largest absolute Gasteiger partial charge is 0.481 e. The van der Waals surface area contributed by atoms with Crippen LogP contribution in [0.2, 0.25) is 0 Å². The Kier molecular flexibility index (Phi) is 4.22. The average Bonchev–Trinajstić information content (AvgIpc) is 3.05. The summed E-state index contributed by atoms with van der Waals surface area (Å²) in [5.41, 5.74) is 0. The minimum absolute atomic E-state index is 0.294. The molecule has 0 bridgehead atoms. The SMILES string of the molecule is COc1ccnc(N2CCC(c3nc(C(C)C)no3)CC2)n1. The van der Waals surface area contributed by atoms with Crippen molar-refractivity contribution in [3.8, 4) is 5.88 Å². The summed E-state index contributed by atoms with van der Waals surface area (Å²) in [6, 6.07) is 1.75. The van der Waals surface area contributed by atoms with E-state index in [4.69, 9.17) is 9.26 Å². The maximum atomic E-state index is 5.41. The monoisotopic (exact) mass is 303 g/mol. The minimum atomic E-state index is 0.294. The highest BCUT2D eigenvalue weighted by atomic mass is 16.5. The highest BCUT2D eigenvalue weighted by Gasteiger charge is 2.26. The zero-order chi connectivity index (χ0) is 15.5. The van der Waals surface area contributed by atoms with Crippen LogP contribution in [0.3, 0.4) is 0 Å². The first-order chi connectivity index (χ1) is 10.7. The van der Waals surface area contributed by atoms with Gasteiger partial charge in [0.1, 0.15) is 0 Å². The fourth-order valence-electron chi connectivity index (χ4n) is 2.57. The van der Waals surface area contributed by atoms with E-state index in [0.29, 0.717) is 23.7 Å². The van der Waals surface area contributed by atoms with Gasteiger partial charge in [0.2, 0.25) is 17.7 Å². The second kappa shape index (κ2) is 6.29. The first-order valence-corrected chi connectivity index (χ1v) is 7.63. The molecule has 3 heterocycles. The Hall–Kier alpha value is -2.18. The molecular formula is C15H21N5O2. The molecule has 2 aromatic heterocycles. The van der Waals surface area contributed by atoms with Crippen molar-refractivity contribution in [2.75, 3.05) is 25.1 Å². The first kappa shape index (κ1) is 14.7. The molecule has 0 unspecified atom stereocenters. The molecule has 7 heteroatoms. The van der Waals surface area contributed by atoms with Crippen LogP contribution in [0.25, 0.3) is 0 Å². The van der Waals surface area contributed by atoms with Crippen LogP contribution in [0.5, 0.6) is 5.88 Å². The van der Waals surface area contributed by atoms with Crippen LogP contribution in [0.1, 0.15) is 50.2 Å². The van der Waals surface area contributed by atoms with Crippen LogP contribution in [-0.2, 0) is 0 Å². The van der Waals surface area contributed by atoms with Crippen LogP contribution in [-0.4, -0.2) is 40.3 Å². The summed E-state index contributed by atoms with van der Waals surface area (Å²) >= 11 is 0. The smallest absolute Gasteiger partial charge is 0.229 e. The molecule has 0 radical (unpaired) electrons. The molecule has 118 valence electrons. The molecule has 0 atom stereocenters. The molecule has 0 N–H and O–H groups in total. The van der Waals surface area contributed by atoms with Gasteiger partial charge in [-0.3, -0.25) is 0 Å². The zero-order valence-electron chi connectivity index (χ0n) is 13.2. The van der Waals surface area contributed by atoms with Crippen LogP contribution in [0.4, 0.5) is 5.95 Å². The topological polar surface area (TPSA) is 77.2 Å². The van der Waals surface area contributed by atoms with Gasteiger partial charge in [0.25, 0.3) is 0 Å². The van der Waals surface area contributed by atoms with Crippen molar-refractivity contribution >= 4 is 5.95 Å². The summed E-state index contributed by atoms with van der Waals surface area (Å²) in [6.07, 6.45) is 3.64. The van der Waals surface area contributed by atoms with Gasteiger partial charge in [-0.1, -0.05) is 19.0 Å². The summed E-state index contributed by atoms with van der Waals surface area (Å²) in [5.74, 6) is 3.46. The van der Waals surface area contributed by atoms with Gasteiger partial charge in [-0.15, -0.1) is 0 Å². The van der Waals surface area contributed by atoms with Crippen LogP contribution >= 0.6 is 0 Å². The van der Waals surface area contributed by atoms with Crippen molar-refractivity contribution in [1.82, 2.24) is 20.1 Å². The number of piperidine rings is 1. The van der Waals surface area contributed by atoms with E-state index in [1.54, 1.807) is 19.4 Å². The number of hydrogen-bond acceptors (Lipinski definition) is 7. The lowest BCUT2D eigenvalue weighted by Gasteiger charge is -2.30. The second-order valence-corrected chi connectivity index (χ2v) is 5.81. The van der Waals surface area contributed by atoms with E-state index in [-0.39, 0.29) is 0 Å². The van der Waals surface area contributed by atoms with E-state index < -0.39 is 0 Å². The molecule has 22 heavy (non-hydrogen) atoms. The lowest BCUT2D eigenvalue weighted by molar-refractivity contribution is 0.325. The van der Waals surface area contributed by atoms with E-state index in [0.717, 1.165) is 37.6 Å². The standard InChI is InChI=1S/C15H21N5O2/c1-10(2)13-18-14(22-19-13)11-5-8-20(9-6-11)15-16-7-4-12(17-15)21-3/h4,7,10-11H,5-6,8-9H2,1-3H3. The fraction of sp³-hybridized carbons (Fsp3) is 0.600. The average molecular weight is 303 g/mol. The molecule has 0 spiro atoms. The summed E-state index contributed by atoms with van der Waals surface area (Å²) < 4.78 is 10.6. The second-order valence-electron chi connectivity index (χ2n) is 5.81. The number of rotatable bonds is 4. The van der Waals surface area contributed by atoms with E-state index in [9.17, 15) is 0 Å². The van der Waals surface area contributed by atoms with Gasteiger partial charge in [-0.2, -0.15) is 9.97 Å². The number of ether oxygens (including phenoxy) is 1. The fourth-order valence-corrected chi connectivity index (χ4v) is 2.57. The molecule has 2 aromatic rings. The molecule has 1 fully saturated rings. The number of nitrogens with zero attached hydrogens (tertiary/aromatic N) is 5. The van der Waals surface area contributed by atoms with Crippen molar-refractivity contribution in [3.05, 3.63) is 24.0 Å². The van der Waals surface area contributed by atoms with Gasteiger partial charge in [-0.05, 0) is 12.8 Å². The molecular weight excluding hydrogens is 282 g/mol. The van der Waals surface area contributed by atoms with Crippen molar-refractivity contribution in [3.63, 3.8) is 0 Å². The van der Waals surface area contributed by atoms with Crippen molar-refractivity contribution in [2.45, 2.75) is 38.5 Å². The molecule has 0 saturated carbocycles. The normalized spacial score (nSPS) is 16.3. The summed E-state index contributed by atoms with van der Waals surface area (Å²) in [6.45, 7) is 5.88. The van der Waals surface area contributed by atoms with Crippen molar-refractivity contribution in [1.29, 1.82) is 0 Å². The molecule has 0 aromatic carbocycles. The Morgan fingerprint density at radius 2 is 2.05 bits per heavy atom. The summed E-state index contributed by atoms with van der Waals surface area (Å²) in [7, 11) is 1.61. The third kappa shape index (κ3) is 3.03. The Morgan fingerprint density at radius 1 is 1.27 bits per heavy atom. The molecule has 1 saturated heterocycles. The number of hydrogen-bond donors (Lipinski definition) is 0. The van der Waals surface area contributed by atoms with Gasteiger partial charge in [-0.25, -0.2) is 4.98 Å². The predicted molar refractivity (Wildman–Crippen MR) is 81.2 cm³/mol. The lowest BCUT2D eigenvalue weighted by atomic mass is 9.97. The van der Waals surface area contributed by atoms with E-state index >= 15 is 0 Å². The van der Waals surface area contributed by atoms with Gasteiger partial charge in [0.15, 0.2) is 5.82 Å². The Labute approximate surface area is 129 Å². The maximum Gasteiger partial charge on any atom is 0.229 e. The number of anilines is 1. The van der Waals surface area contributed by atoms with Crippen LogP contribution in [0, 0.1) is 0 Å². The predicted octanol–water partition coefficient (Wildman–Crippen LogP) is 2.38.